The second-order valence-electron chi connectivity index (χ2n) is 6.76. The van der Waals surface area contributed by atoms with Gasteiger partial charge in [-0.3, -0.25) is 0 Å². The van der Waals surface area contributed by atoms with E-state index in [-0.39, 0.29) is 0 Å². The molecule has 2 aromatic rings. The Labute approximate surface area is 125 Å². The molecule has 0 amide bonds. The highest BCUT2D eigenvalue weighted by Gasteiger charge is 2.40. The summed E-state index contributed by atoms with van der Waals surface area (Å²) in [6, 6.07) is 2.24. The number of rotatable bonds is 5. The first-order valence-electron chi connectivity index (χ1n) is 7.62. The molecule has 2 aromatic heterocycles. The summed E-state index contributed by atoms with van der Waals surface area (Å²) in [5.41, 5.74) is 1.18. The van der Waals surface area contributed by atoms with Gasteiger partial charge in [-0.2, -0.15) is 0 Å². The molecule has 3 rings (SSSR count). The third-order valence-corrected chi connectivity index (χ3v) is 4.10. The summed E-state index contributed by atoms with van der Waals surface area (Å²) < 4.78 is 7.78. The number of aromatic nitrogens is 3. The molecular formula is C16H23N3O2. The molecule has 1 saturated carbocycles. The van der Waals surface area contributed by atoms with Crippen LogP contribution in [0.4, 0.5) is 0 Å². The van der Waals surface area contributed by atoms with Crippen LogP contribution in [0.15, 0.2) is 18.6 Å². The number of hydrogen-bond donors (Lipinski definition) is 1. The maximum absolute atomic E-state index is 9.87. The number of hydrogen-bond acceptors (Lipinski definition) is 4. The molecule has 1 fully saturated rings. The lowest BCUT2D eigenvalue weighted by atomic mass is 9.77. The second-order valence-corrected chi connectivity index (χ2v) is 6.76. The van der Waals surface area contributed by atoms with E-state index in [1.54, 1.807) is 6.20 Å². The van der Waals surface area contributed by atoms with Crippen molar-refractivity contribution in [3.63, 3.8) is 0 Å². The molecular weight excluding hydrogens is 266 g/mol. The smallest absolute Gasteiger partial charge is 0.160 e. The normalized spacial score (nSPS) is 25.3. The maximum Gasteiger partial charge on any atom is 0.160 e. The highest BCUT2D eigenvalue weighted by atomic mass is 16.5. The van der Waals surface area contributed by atoms with Gasteiger partial charge in [-0.15, -0.1) is 0 Å². The van der Waals surface area contributed by atoms with Crippen molar-refractivity contribution >= 4 is 11.2 Å². The van der Waals surface area contributed by atoms with Crippen molar-refractivity contribution in [3.05, 3.63) is 18.6 Å². The van der Waals surface area contributed by atoms with Crippen molar-refractivity contribution in [2.24, 2.45) is 5.92 Å². The van der Waals surface area contributed by atoms with Gasteiger partial charge >= 0.3 is 0 Å². The third kappa shape index (κ3) is 3.02. The van der Waals surface area contributed by atoms with Crippen molar-refractivity contribution in [1.29, 1.82) is 0 Å². The summed E-state index contributed by atoms with van der Waals surface area (Å²) in [5.74, 6) is 1.40. The van der Waals surface area contributed by atoms with Crippen molar-refractivity contribution in [3.8, 4) is 5.75 Å². The van der Waals surface area contributed by atoms with Crippen LogP contribution in [-0.2, 0) is 0 Å². The van der Waals surface area contributed by atoms with E-state index in [1.807, 2.05) is 19.3 Å². The van der Waals surface area contributed by atoms with Crippen molar-refractivity contribution < 1.29 is 9.84 Å². The SMILES string of the molecule is CC(C)CCOc1cnc2c(c1)ncn2[C@H]1C[C@@](C)(O)C1. The number of pyridine rings is 1. The van der Waals surface area contributed by atoms with Gasteiger partial charge in [0.1, 0.15) is 11.3 Å². The van der Waals surface area contributed by atoms with E-state index < -0.39 is 5.60 Å². The average Bonchev–Trinajstić information content (AvgIpc) is 2.78. The second kappa shape index (κ2) is 5.30. The predicted octanol–water partition coefficient (Wildman–Crippen LogP) is 2.94. The van der Waals surface area contributed by atoms with Gasteiger partial charge in [0.2, 0.25) is 0 Å². The van der Waals surface area contributed by atoms with Crippen LogP contribution < -0.4 is 4.74 Å². The molecule has 5 nitrogen and oxygen atoms in total. The fourth-order valence-electron chi connectivity index (χ4n) is 2.81. The Balaban J connectivity index is 1.72. The summed E-state index contributed by atoms with van der Waals surface area (Å²) in [4.78, 5) is 8.90. The van der Waals surface area contributed by atoms with E-state index in [1.165, 1.54) is 0 Å². The molecule has 114 valence electrons. The quantitative estimate of drug-likeness (QED) is 0.919. The Morgan fingerprint density at radius 3 is 2.86 bits per heavy atom. The van der Waals surface area contributed by atoms with Crippen LogP contribution in [0.25, 0.3) is 11.2 Å². The van der Waals surface area contributed by atoms with Crippen LogP contribution in [0.5, 0.6) is 5.75 Å². The topological polar surface area (TPSA) is 60.2 Å². The standard InChI is InChI=1S/C16H23N3O2/c1-11(2)4-5-21-13-6-14-15(17-9-13)19(10-18-14)12-7-16(3,20)8-12/h6,9-12,20H,4-5,7-8H2,1-3H3/t12-,16+. The predicted molar refractivity (Wildman–Crippen MR) is 81.4 cm³/mol. The minimum absolute atomic E-state index is 0.296. The first-order valence-corrected chi connectivity index (χ1v) is 7.62. The van der Waals surface area contributed by atoms with E-state index >= 15 is 0 Å². The van der Waals surface area contributed by atoms with Gasteiger partial charge in [0.25, 0.3) is 0 Å². The highest BCUT2D eigenvalue weighted by Crippen LogP contribution is 2.41. The minimum Gasteiger partial charge on any atom is -0.492 e. The largest absolute Gasteiger partial charge is 0.492 e. The van der Waals surface area contributed by atoms with Gasteiger partial charge in [0, 0.05) is 12.1 Å². The summed E-state index contributed by atoms with van der Waals surface area (Å²) >= 11 is 0. The Hall–Kier alpha value is -1.62. The maximum atomic E-state index is 9.87. The molecule has 1 aliphatic carbocycles. The molecule has 0 saturated heterocycles. The van der Waals surface area contributed by atoms with Crippen LogP contribution in [0.2, 0.25) is 0 Å². The molecule has 0 atom stereocenters. The van der Waals surface area contributed by atoms with Gasteiger partial charge < -0.3 is 14.4 Å². The minimum atomic E-state index is -0.541. The average molecular weight is 289 g/mol. The Morgan fingerprint density at radius 2 is 2.19 bits per heavy atom. The zero-order valence-corrected chi connectivity index (χ0v) is 12.9. The molecule has 0 aliphatic heterocycles. The molecule has 2 heterocycles. The fraction of sp³-hybridized carbons (Fsp3) is 0.625. The highest BCUT2D eigenvalue weighted by molar-refractivity contribution is 5.72. The Morgan fingerprint density at radius 1 is 1.43 bits per heavy atom. The third-order valence-electron chi connectivity index (χ3n) is 4.10. The number of ether oxygens (including phenoxy) is 1. The van der Waals surface area contributed by atoms with Crippen LogP contribution in [-0.4, -0.2) is 31.8 Å². The molecule has 1 N–H and O–H groups in total. The molecule has 21 heavy (non-hydrogen) atoms. The van der Waals surface area contributed by atoms with Crippen molar-refractivity contribution in [1.82, 2.24) is 14.5 Å². The van der Waals surface area contributed by atoms with Gasteiger partial charge in [-0.1, -0.05) is 13.8 Å². The van der Waals surface area contributed by atoms with Crippen LogP contribution in [0.1, 0.15) is 46.1 Å². The van der Waals surface area contributed by atoms with Gasteiger partial charge in [-0.05, 0) is 32.1 Å². The molecule has 0 aromatic carbocycles. The monoisotopic (exact) mass is 289 g/mol. The zero-order valence-electron chi connectivity index (χ0n) is 12.9. The lowest BCUT2D eigenvalue weighted by Crippen LogP contribution is -2.41. The van der Waals surface area contributed by atoms with E-state index in [0.29, 0.717) is 18.6 Å². The number of aliphatic hydroxyl groups is 1. The Bertz CT molecular complexity index is 625. The van der Waals surface area contributed by atoms with Crippen LogP contribution in [0, 0.1) is 5.92 Å². The fourth-order valence-corrected chi connectivity index (χ4v) is 2.81. The van der Waals surface area contributed by atoms with Gasteiger partial charge in [0.05, 0.1) is 24.7 Å². The molecule has 0 bridgehead atoms. The number of nitrogens with zero attached hydrogens (tertiary/aromatic N) is 3. The van der Waals surface area contributed by atoms with Crippen LogP contribution >= 0.6 is 0 Å². The number of fused-ring (bicyclic) bond motifs is 1. The molecule has 5 heteroatoms. The number of imidazole rings is 1. The molecule has 0 spiro atoms. The van der Waals surface area contributed by atoms with E-state index in [0.717, 1.165) is 36.2 Å². The zero-order chi connectivity index (χ0) is 15.0. The van der Waals surface area contributed by atoms with E-state index in [4.69, 9.17) is 4.74 Å². The van der Waals surface area contributed by atoms with E-state index in [9.17, 15) is 5.11 Å². The summed E-state index contributed by atoms with van der Waals surface area (Å²) in [6.07, 6.45) is 6.12. The van der Waals surface area contributed by atoms with E-state index in [2.05, 4.69) is 28.4 Å². The first-order chi connectivity index (χ1) is 9.94. The lowest BCUT2D eigenvalue weighted by molar-refractivity contribution is -0.0499. The lowest BCUT2D eigenvalue weighted by Gasteiger charge is -2.41. The molecule has 0 radical (unpaired) electrons. The van der Waals surface area contributed by atoms with Crippen molar-refractivity contribution in [2.45, 2.75) is 51.7 Å². The van der Waals surface area contributed by atoms with Crippen molar-refractivity contribution in [2.75, 3.05) is 6.61 Å². The van der Waals surface area contributed by atoms with Crippen LogP contribution in [0.3, 0.4) is 0 Å². The van der Waals surface area contributed by atoms with Gasteiger partial charge in [-0.25, -0.2) is 9.97 Å². The summed E-state index contributed by atoms with van der Waals surface area (Å²) in [6.45, 7) is 6.94. The first kappa shape index (κ1) is 14.3. The Kier molecular flexibility index (Phi) is 3.61. The van der Waals surface area contributed by atoms with Gasteiger partial charge in [0.15, 0.2) is 5.65 Å². The molecule has 0 unspecified atom stereocenters. The molecule has 1 aliphatic rings. The summed E-state index contributed by atoms with van der Waals surface area (Å²) in [7, 11) is 0. The summed E-state index contributed by atoms with van der Waals surface area (Å²) in [5, 5.41) is 9.87.